The van der Waals surface area contributed by atoms with Gasteiger partial charge < -0.3 is 9.80 Å². The van der Waals surface area contributed by atoms with Crippen molar-refractivity contribution in [2.75, 3.05) is 31.1 Å². The second-order valence-corrected chi connectivity index (χ2v) is 7.45. The zero-order valence-electron chi connectivity index (χ0n) is 15.6. The number of hydrogen-bond acceptors (Lipinski definition) is 2. The van der Waals surface area contributed by atoms with E-state index in [0.717, 1.165) is 48.6 Å². The molecule has 5 heteroatoms. The van der Waals surface area contributed by atoms with E-state index in [9.17, 15) is 0 Å². The molecule has 27 heavy (non-hydrogen) atoms. The Labute approximate surface area is 167 Å². The molecular weight excluding hydrogens is 352 g/mol. The summed E-state index contributed by atoms with van der Waals surface area (Å²) in [5.74, 6) is 0.946. The Morgan fingerprint density at radius 3 is 1.85 bits per heavy atom. The largest absolute Gasteiger partial charge is 0.348 e. The van der Waals surface area contributed by atoms with E-state index in [1.165, 1.54) is 25.7 Å². The van der Waals surface area contributed by atoms with Crippen LogP contribution in [0.2, 0.25) is 0 Å². The van der Waals surface area contributed by atoms with Crippen molar-refractivity contribution in [2.24, 2.45) is 4.99 Å². The molecule has 2 aromatic carbocycles. The van der Waals surface area contributed by atoms with Crippen LogP contribution < -0.4 is 4.90 Å². The van der Waals surface area contributed by atoms with Crippen LogP contribution >= 0.6 is 12.2 Å². The van der Waals surface area contributed by atoms with E-state index in [1.54, 1.807) is 0 Å². The van der Waals surface area contributed by atoms with Crippen molar-refractivity contribution in [3.8, 4) is 0 Å². The summed E-state index contributed by atoms with van der Waals surface area (Å²) in [6.07, 6.45) is 4.81. The first-order valence-electron chi connectivity index (χ1n) is 9.86. The van der Waals surface area contributed by atoms with E-state index < -0.39 is 0 Å². The molecule has 0 radical (unpaired) electrons. The van der Waals surface area contributed by atoms with Crippen molar-refractivity contribution in [3.63, 3.8) is 0 Å². The predicted octanol–water partition coefficient (Wildman–Crippen LogP) is 4.66. The Kier molecular flexibility index (Phi) is 5.68. The smallest absolute Gasteiger partial charge is 0.212 e. The summed E-state index contributed by atoms with van der Waals surface area (Å²) >= 11 is 5.99. The summed E-state index contributed by atoms with van der Waals surface area (Å²) in [7, 11) is 0. The quantitative estimate of drug-likeness (QED) is 0.431. The SMILES string of the molecule is S=C(N1CCCC1)N(C(=Nc1ccccc1)N1CCCC1)c1ccccc1. The third kappa shape index (κ3) is 4.14. The molecule has 0 aromatic heterocycles. The van der Waals surface area contributed by atoms with Gasteiger partial charge in [-0.25, -0.2) is 4.99 Å². The first-order valence-corrected chi connectivity index (χ1v) is 10.3. The average molecular weight is 379 g/mol. The number of rotatable bonds is 2. The Balaban J connectivity index is 1.78. The molecule has 2 saturated heterocycles. The molecule has 2 aliphatic heterocycles. The minimum Gasteiger partial charge on any atom is -0.348 e. The van der Waals surface area contributed by atoms with Crippen molar-refractivity contribution in [2.45, 2.75) is 25.7 Å². The van der Waals surface area contributed by atoms with Gasteiger partial charge in [0.05, 0.1) is 11.4 Å². The van der Waals surface area contributed by atoms with Gasteiger partial charge in [0.2, 0.25) is 5.96 Å². The van der Waals surface area contributed by atoms with Gasteiger partial charge in [-0.1, -0.05) is 36.4 Å². The fourth-order valence-electron chi connectivity index (χ4n) is 3.74. The van der Waals surface area contributed by atoms with Gasteiger partial charge in [-0.05, 0) is 62.2 Å². The molecule has 4 rings (SSSR count). The zero-order valence-corrected chi connectivity index (χ0v) is 16.4. The normalized spacial score (nSPS) is 17.4. The van der Waals surface area contributed by atoms with Crippen LogP contribution in [0.25, 0.3) is 0 Å². The third-order valence-corrected chi connectivity index (χ3v) is 5.60. The maximum atomic E-state index is 5.99. The van der Waals surface area contributed by atoms with Crippen molar-refractivity contribution < 1.29 is 0 Å². The van der Waals surface area contributed by atoms with E-state index in [-0.39, 0.29) is 0 Å². The van der Waals surface area contributed by atoms with E-state index in [1.807, 2.05) is 24.3 Å². The lowest BCUT2D eigenvalue weighted by Gasteiger charge is -2.35. The van der Waals surface area contributed by atoms with Crippen LogP contribution in [0.5, 0.6) is 0 Å². The summed E-state index contributed by atoms with van der Waals surface area (Å²) in [4.78, 5) is 11.9. The van der Waals surface area contributed by atoms with Crippen LogP contribution in [0, 0.1) is 0 Å². The molecular formula is C22H26N4S. The molecule has 140 valence electrons. The average Bonchev–Trinajstić information content (AvgIpc) is 3.43. The van der Waals surface area contributed by atoms with Gasteiger partial charge in [0.25, 0.3) is 0 Å². The van der Waals surface area contributed by atoms with Crippen LogP contribution in [-0.2, 0) is 0 Å². The van der Waals surface area contributed by atoms with Crippen LogP contribution in [0.15, 0.2) is 65.7 Å². The minimum absolute atomic E-state index is 0.861. The molecule has 0 bridgehead atoms. The van der Waals surface area contributed by atoms with Crippen molar-refractivity contribution >= 4 is 34.7 Å². The fraction of sp³-hybridized carbons (Fsp3) is 0.364. The maximum Gasteiger partial charge on any atom is 0.212 e. The van der Waals surface area contributed by atoms with Gasteiger partial charge in [-0.2, -0.15) is 0 Å². The predicted molar refractivity (Wildman–Crippen MR) is 117 cm³/mol. The monoisotopic (exact) mass is 378 g/mol. The highest BCUT2D eigenvalue weighted by atomic mass is 32.1. The number of aliphatic imine (C=N–C) groups is 1. The highest BCUT2D eigenvalue weighted by molar-refractivity contribution is 7.80. The lowest BCUT2D eigenvalue weighted by Crippen LogP contribution is -2.51. The third-order valence-electron chi connectivity index (χ3n) is 5.16. The van der Waals surface area contributed by atoms with Gasteiger partial charge in [-0.3, -0.25) is 4.90 Å². The summed E-state index contributed by atoms with van der Waals surface area (Å²) in [6.45, 7) is 4.11. The molecule has 4 nitrogen and oxygen atoms in total. The molecule has 2 heterocycles. The number of benzene rings is 2. The summed E-state index contributed by atoms with van der Waals surface area (Å²) in [5.41, 5.74) is 2.04. The van der Waals surface area contributed by atoms with Gasteiger partial charge in [0.15, 0.2) is 5.11 Å². The standard InChI is InChI=1S/C22H26N4S/c27-22(25-17-9-10-18-25)26(20-13-5-2-6-14-20)21(24-15-7-8-16-24)23-19-11-3-1-4-12-19/h1-6,11-14H,7-10,15-18H2. The second-order valence-electron chi connectivity index (χ2n) is 7.09. The number of anilines is 1. The number of thiocarbonyl (C=S) groups is 1. The molecule has 2 fully saturated rings. The molecule has 0 spiro atoms. The number of hydrogen-bond donors (Lipinski definition) is 0. The van der Waals surface area contributed by atoms with Crippen molar-refractivity contribution in [1.29, 1.82) is 0 Å². The number of nitrogens with zero attached hydrogens (tertiary/aromatic N) is 4. The summed E-state index contributed by atoms with van der Waals surface area (Å²) < 4.78 is 0. The van der Waals surface area contributed by atoms with Crippen molar-refractivity contribution in [3.05, 3.63) is 60.7 Å². The first kappa shape index (κ1) is 18.0. The van der Waals surface area contributed by atoms with Crippen LogP contribution in [0.4, 0.5) is 11.4 Å². The van der Waals surface area contributed by atoms with Gasteiger partial charge in [-0.15, -0.1) is 0 Å². The van der Waals surface area contributed by atoms with Gasteiger partial charge in [0.1, 0.15) is 0 Å². The Morgan fingerprint density at radius 1 is 0.741 bits per heavy atom. The molecule has 0 unspecified atom stereocenters. The van der Waals surface area contributed by atoms with E-state index in [0.29, 0.717) is 0 Å². The number of guanidine groups is 1. The Morgan fingerprint density at radius 2 is 1.26 bits per heavy atom. The molecule has 0 N–H and O–H groups in total. The summed E-state index contributed by atoms with van der Waals surface area (Å²) in [5, 5.41) is 0.861. The van der Waals surface area contributed by atoms with E-state index >= 15 is 0 Å². The lowest BCUT2D eigenvalue weighted by atomic mass is 10.3. The van der Waals surface area contributed by atoms with Gasteiger partial charge >= 0.3 is 0 Å². The maximum absolute atomic E-state index is 5.99. The zero-order chi connectivity index (χ0) is 18.5. The molecule has 0 aliphatic carbocycles. The first-order chi connectivity index (χ1) is 13.3. The Hall–Kier alpha value is -2.40. The fourth-order valence-corrected chi connectivity index (χ4v) is 4.11. The highest BCUT2D eigenvalue weighted by Crippen LogP contribution is 2.24. The Bertz CT molecular complexity index is 778. The van der Waals surface area contributed by atoms with Crippen LogP contribution in [-0.4, -0.2) is 47.1 Å². The second kappa shape index (κ2) is 8.53. The molecule has 2 aromatic rings. The summed E-state index contributed by atoms with van der Waals surface area (Å²) in [6, 6.07) is 20.6. The molecule has 0 saturated carbocycles. The van der Waals surface area contributed by atoms with Crippen molar-refractivity contribution in [1.82, 2.24) is 9.80 Å². The highest BCUT2D eigenvalue weighted by Gasteiger charge is 2.29. The lowest BCUT2D eigenvalue weighted by molar-refractivity contribution is 0.497. The topological polar surface area (TPSA) is 22.1 Å². The van der Waals surface area contributed by atoms with Crippen LogP contribution in [0.1, 0.15) is 25.7 Å². The number of para-hydroxylation sites is 2. The minimum atomic E-state index is 0.861. The molecule has 0 atom stereocenters. The van der Waals surface area contributed by atoms with E-state index in [2.05, 4.69) is 51.1 Å². The van der Waals surface area contributed by atoms with Gasteiger partial charge in [0, 0.05) is 26.2 Å². The molecule has 2 aliphatic rings. The number of likely N-dealkylation sites (tertiary alicyclic amines) is 2. The van der Waals surface area contributed by atoms with Crippen LogP contribution in [0.3, 0.4) is 0 Å². The molecule has 0 amide bonds. The van der Waals surface area contributed by atoms with E-state index in [4.69, 9.17) is 17.2 Å².